The predicted octanol–water partition coefficient (Wildman–Crippen LogP) is 4.54. The minimum Gasteiger partial charge on any atom is -0.406 e. The zero-order valence-electron chi connectivity index (χ0n) is 17.4. The third-order valence-corrected chi connectivity index (χ3v) is 8.10. The third kappa shape index (κ3) is 5.45. The number of carbonyl (C=O) groups is 1. The molecule has 1 saturated heterocycles. The van der Waals surface area contributed by atoms with Crippen LogP contribution in [-0.4, -0.2) is 43.1 Å². The number of thiazole rings is 1. The number of carbonyl (C=O) groups excluding carboxylic acids is 1. The van der Waals surface area contributed by atoms with Gasteiger partial charge in [-0.1, -0.05) is 23.5 Å². The van der Waals surface area contributed by atoms with Crippen molar-refractivity contribution >= 4 is 42.6 Å². The molecule has 1 fully saturated rings. The first-order chi connectivity index (χ1) is 15.5. The Labute approximate surface area is 192 Å². The first-order valence-corrected chi connectivity index (χ1v) is 12.3. The molecule has 176 valence electrons. The second kappa shape index (κ2) is 8.92. The van der Waals surface area contributed by atoms with Crippen molar-refractivity contribution < 1.29 is 31.1 Å². The van der Waals surface area contributed by atoms with Gasteiger partial charge in [0.25, 0.3) is 0 Å². The highest BCUT2D eigenvalue weighted by molar-refractivity contribution is 7.89. The molecule has 1 N–H and O–H groups in total. The molecule has 7 nitrogen and oxygen atoms in total. The van der Waals surface area contributed by atoms with Gasteiger partial charge >= 0.3 is 6.36 Å². The van der Waals surface area contributed by atoms with Crippen molar-refractivity contribution in [3.63, 3.8) is 0 Å². The Kier molecular flexibility index (Phi) is 6.34. The number of benzene rings is 2. The molecule has 2 aromatic carbocycles. The summed E-state index contributed by atoms with van der Waals surface area (Å²) < 4.78 is 69.1. The number of hydrogen-bond donors (Lipinski definition) is 1. The Hall–Kier alpha value is -2.70. The number of alkyl halides is 3. The molecule has 33 heavy (non-hydrogen) atoms. The molecule has 4 rings (SSSR count). The highest BCUT2D eigenvalue weighted by atomic mass is 32.2. The van der Waals surface area contributed by atoms with E-state index in [9.17, 15) is 26.4 Å². The molecular weight excluding hydrogens is 479 g/mol. The molecule has 1 aliphatic rings. The number of halogens is 3. The van der Waals surface area contributed by atoms with Gasteiger partial charge in [0.1, 0.15) is 5.75 Å². The van der Waals surface area contributed by atoms with Crippen LogP contribution in [0, 0.1) is 12.8 Å². The first kappa shape index (κ1) is 23.5. The first-order valence-electron chi connectivity index (χ1n) is 10.1. The summed E-state index contributed by atoms with van der Waals surface area (Å²) in [6.07, 6.45) is -4.35. The van der Waals surface area contributed by atoms with E-state index in [1.165, 1.54) is 27.8 Å². The van der Waals surface area contributed by atoms with E-state index >= 15 is 0 Å². The maximum absolute atomic E-state index is 12.9. The zero-order chi connectivity index (χ0) is 23.8. The fourth-order valence-corrected chi connectivity index (χ4v) is 6.10. The molecule has 2 heterocycles. The number of amides is 1. The van der Waals surface area contributed by atoms with E-state index in [0.717, 1.165) is 27.9 Å². The average Bonchev–Trinajstić information content (AvgIpc) is 3.14. The van der Waals surface area contributed by atoms with Crippen molar-refractivity contribution in [1.82, 2.24) is 9.29 Å². The van der Waals surface area contributed by atoms with Crippen LogP contribution in [0.4, 0.5) is 18.3 Å². The summed E-state index contributed by atoms with van der Waals surface area (Å²) in [6.45, 7) is 2.12. The van der Waals surface area contributed by atoms with Gasteiger partial charge in [-0.2, -0.15) is 4.31 Å². The van der Waals surface area contributed by atoms with Gasteiger partial charge in [-0.3, -0.25) is 4.79 Å². The van der Waals surface area contributed by atoms with Gasteiger partial charge < -0.3 is 10.1 Å². The number of nitrogens with zero attached hydrogens (tertiary/aromatic N) is 2. The summed E-state index contributed by atoms with van der Waals surface area (Å²) in [7, 11) is -4.03. The number of ether oxygens (including phenoxy) is 1. The molecular formula is C21H20F3N3O4S2. The predicted molar refractivity (Wildman–Crippen MR) is 118 cm³/mol. The standard InChI is InChI=1S/C21H20F3N3O4S2/c1-13-5-6-17-18(11-13)32-20(25-17)26-19(28)14-7-9-27(10-8-14)33(29,30)16-4-2-3-15(12-16)31-21(22,23)24/h2-6,11-12,14H,7-10H2,1H3,(H,25,26,28). The van der Waals surface area contributed by atoms with Crippen LogP contribution < -0.4 is 10.1 Å². The molecule has 0 atom stereocenters. The molecule has 12 heteroatoms. The highest BCUT2D eigenvalue weighted by Gasteiger charge is 2.34. The largest absolute Gasteiger partial charge is 0.573 e. The van der Waals surface area contributed by atoms with Crippen LogP contribution in [0.25, 0.3) is 10.2 Å². The van der Waals surface area contributed by atoms with Gasteiger partial charge in [0.05, 0.1) is 15.1 Å². The minimum atomic E-state index is -4.92. The molecule has 1 amide bonds. The van der Waals surface area contributed by atoms with E-state index < -0.39 is 28.1 Å². The van der Waals surface area contributed by atoms with Crippen molar-refractivity contribution in [1.29, 1.82) is 0 Å². The van der Waals surface area contributed by atoms with Crippen molar-refractivity contribution in [2.45, 2.75) is 31.0 Å². The molecule has 3 aromatic rings. The second-order valence-corrected chi connectivity index (χ2v) is 10.6. The lowest BCUT2D eigenvalue weighted by Crippen LogP contribution is -2.41. The summed E-state index contributed by atoms with van der Waals surface area (Å²) in [5.41, 5.74) is 1.88. The molecule has 1 aliphatic heterocycles. The summed E-state index contributed by atoms with van der Waals surface area (Å²) >= 11 is 1.37. The quantitative estimate of drug-likeness (QED) is 0.557. The van der Waals surface area contributed by atoms with Gasteiger partial charge in [-0.05, 0) is 49.6 Å². The highest BCUT2D eigenvalue weighted by Crippen LogP contribution is 2.30. The van der Waals surface area contributed by atoms with Crippen molar-refractivity contribution in [3.05, 3.63) is 48.0 Å². The lowest BCUT2D eigenvalue weighted by molar-refractivity contribution is -0.274. The topological polar surface area (TPSA) is 88.6 Å². The number of aryl methyl sites for hydroxylation is 1. The van der Waals surface area contributed by atoms with Crippen LogP contribution in [0.15, 0.2) is 47.4 Å². The summed E-state index contributed by atoms with van der Waals surface area (Å²) in [5, 5.41) is 3.30. The van der Waals surface area contributed by atoms with Crippen molar-refractivity contribution in [3.8, 4) is 5.75 Å². The minimum absolute atomic E-state index is 0.0732. The lowest BCUT2D eigenvalue weighted by Gasteiger charge is -2.30. The van der Waals surface area contributed by atoms with Crippen LogP contribution in [0.2, 0.25) is 0 Å². The second-order valence-electron chi connectivity index (χ2n) is 7.68. The van der Waals surface area contributed by atoms with E-state index in [1.807, 2.05) is 25.1 Å². The van der Waals surface area contributed by atoms with Crippen LogP contribution in [0.1, 0.15) is 18.4 Å². The number of piperidine rings is 1. The Morgan fingerprint density at radius 3 is 2.61 bits per heavy atom. The molecule has 1 aromatic heterocycles. The molecule has 0 unspecified atom stereocenters. The number of sulfonamides is 1. The zero-order valence-corrected chi connectivity index (χ0v) is 19.1. The van der Waals surface area contributed by atoms with E-state index in [-0.39, 0.29) is 36.7 Å². The van der Waals surface area contributed by atoms with Gasteiger partial charge in [-0.15, -0.1) is 13.2 Å². The Bertz CT molecular complexity index is 1280. The fraction of sp³-hybridized carbons (Fsp3) is 0.333. The number of hydrogen-bond acceptors (Lipinski definition) is 6. The van der Waals surface area contributed by atoms with Crippen LogP contribution in [0.5, 0.6) is 5.75 Å². The maximum Gasteiger partial charge on any atom is 0.573 e. The smallest absolute Gasteiger partial charge is 0.406 e. The SMILES string of the molecule is Cc1ccc2nc(NC(=O)C3CCN(S(=O)(=O)c4cccc(OC(F)(F)F)c4)CC3)sc2c1. The molecule has 0 radical (unpaired) electrons. The van der Waals surface area contributed by atoms with Crippen molar-refractivity contribution in [2.24, 2.45) is 5.92 Å². The van der Waals surface area contributed by atoms with E-state index in [4.69, 9.17) is 0 Å². The van der Waals surface area contributed by atoms with E-state index in [0.29, 0.717) is 5.13 Å². The van der Waals surface area contributed by atoms with Gasteiger partial charge in [0.15, 0.2) is 5.13 Å². The van der Waals surface area contributed by atoms with E-state index in [2.05, 4.69) is 15.0 Å². The molecule has 0 spiro atoms. The van der Waals surface area contributed by atoms with E-state index in [1.54, 1.807) is 0 Å². The lowest BCUT2D eigenvalue weighted by atomic mass is 9.97. The Balaban J connectivity index is 1.39. The summed E-state index contributed by atoms with van der Waals surface area (Å²) in [6, 6.07) is 10.1. The Morgan fingerprint density at radius 2 is 1.91 bits per heavy atom. The maximum atomic E-state index is 12.9. The number of nitrogens with one attached hydrogen (secondary N) is 1. The number of aromatic nitrogens is 1. The normalized spacial score (nSPS) is 16.1. The Morgan fingerprint density at radius 1 is 1.18 bits per heavy atom. The fourth-order valence-electron chi connectivity index (χ4n) is 3.63. The summed E-state index contributed by atoms with van der Waals surface area (Å²) in [5.74, 6) is -1.24. The van der Waals surface area contributed by atoms with Crippen LogP contribution >= 0.6 is 11.3 Å². The molecule has 0 saturated carbocycles. The third-order valence-electron chi connectivity index (χ3n) is 5.28. The number of anilines is 1. The summed E-state index contributed by atoms with van der Waals surface area (Å²) in [4.78, 5) is 16.8. The number of rotatable bonds is 5. The molecule has 0 aliphatic carbocycles. The van der Waals surface area contributed by atoms with Crippen LogP contribution in [0.3, 0.4) is 0 Å². The number of fused-ring (bicyclic) bond motifs is 1. The average molecular weight is 500 g/mol. The molecule has 0 bridgehead atoms. The van der Waals surface area contributed by atoms with Gasteiger partial charge in [0.2, 0.25) is 15.9 Å². The van der Waals surface area contributed by atoms with Gasteiger partial charge in [0, 0.05) is 25.1 Å². The van der Waals surface area contributed by atoms with Crippen LogP contribution in [-0.2, 0) is 14.8 Å². The van der Waals surface area contributed by atoms with Crippen molar-refractivity contribution in [2.75, 3.05) is 18.4 Å². The monoisotopic (exact) mass is 499 g/mol. The van der Waals surface area contributed by atoms with Gasteiger partial charge in [-0.25, -0.2) is 13.4 Å².